The summed E-state index contributed by atoms with van der Waals surface area (Å²) in [5.41, 5.74) is 13.6. The average Bonchev–Trinajstić information content (AvgIpc) is 2.78. The number of nitrogens with two attached hydrogens (primary N) is 1. The minimum Gasteiger partial charge on any atom is -0.504 e. The third kappa shape index (κ3) is 2.95. The standard InChI is InChI=1S/C25H26N2O2/c1-29-23-13-17(8-11-22(23)28)25-19-9-7-16-4-2-3-5-18(16)24(19)20-12-15(14-26)6-10-21(20)27-25/h2-6,8,10-13,19,24-25,27-28H,7,9,14,26H2,1H3. The van der Waals surface area contributed by atoms with Crippen LogP contribution in [0.4, 0.5) is 5.69 Å². The summed E-state index contributed by atoms with van der Waals surface area (Å²) in [5, 5.41) is 13.8. The molecule has 4 heteroatoms. The van der Waals surface area contributed by atoms with E-state index in [0.29, 0.717) is 24.1 Å². The number of hydrogen-bond acceptors (Lipinski definition) is 4. The van der Waals surface area contributed by atoms with E-state index in [9.17, 15) is 5.11 Å². The largest absolute Gasteiger partial charge is 0.504 e. The predicted molar refractivity (Wildman–Crippen MR) is 115 cm³/mol. The number of rotatable bonds is 3. The number of benzene rings is 3. The monoisotopic (exact) mass is 386 g/mol. The lowest BCUT2D eigenvalue weighted by molar-refractivity contribution is 0.344. The molecule has 0 aromatic heterocycles. The average molecular weight is 386 g/mol. The van der Waals surface area contributed by atoms with Crippen molar-refractivity contribution in [2.45, 2.75) is 31.3 Å². The predicted octanol–water partition coefficient (Wildman–Crippen LogP) is 4.72. The summed E-state index contributed by atoms with van der Waals surface area (Å²) in [4.78, 5) is 0. The first-order valence-corrected chi connectivity index (χ1v) is 10.2. The molecule has 5 rings (SSSR count). The van der Waals surface area contributed by atoms with Gasteiger partial charge >= 0.3 is 0 Å². The van der Waals surface area contributed by atoms with Gasteiger partial charge in [-0.1, -0.05) is 42.5 Å². The molecule has 0 spiro atoms. The Hall–Kier alpha value is -2.98. The first-order chi connectivity index (χ1) is 14.2. The van der Waals surface area contributed by atoms with Crippen molar-refractivity contribution in [2.24, 2.45) is 11.7 Å². The van der Waals surface area contributed by atoms with E-state index in [1.165, 1.54) is 16.7 Å². The van der Waals surface area contributed by atoms with E-state index < -0.39 is 0 Å². The van der Waals surface area contributed by atoms with Gasteiger partial charge in [-0.2, -0.15) is 0 Å². The second-order valence-electron chi connectivity index (χ2n) is 8.06. The summed E-state index contributed by atoms with van der Waals surface area (Å²) in [7, 11) is 1.59. The SMILES string of the molecule is COc1cc(C2Nc3ccc(CN)cc3C3c4ccccc4CCC23)ccc1O. The maximum absolute atomic E-state index is 10.1. The van der Waals surface area contributed by atoms with Crippen LogP contribution in [0.5, 0.6) is 11.5 Å². The molecule has 1 aliphatic carbocycles. The maximum atomic E-state index is 10.1. The molecule has 0 radical (unpaired) electrons. The van der Waals surface area contributed by atoms with Crippen molar-refractivity contribution in [1.82, 2.24) is 0 Å². The van der Waals surface area contributed by atoms with Crippen molar-refractivity contribution in [1.29, 1.82) is 0 Å². The van der Waals surface area contributed by atoms with E-state index in [1.54, 1.807) is 13.2 Å². The Kier molecular flexibility index (Phi) is 4.44. The van der Waals surface area contributed by atoms with Gasteiger partial charge in [-0.05, 0) is 64.8 Å². The molecule has 3 unspecified atom stereocenters. The first kappa shape index (κ1) is 18.1. The van der Waals surface area contributed by atoms with E-state index in [0.717, 1.165) is 29.7 Å². The number of ether oxygens (including phenoxy) is 1. The number of phenolic OH excluding ortho intramolecular Hbond substituents is 1. The van der Waals surface area contributed by atoms with E-state index in [-0.39, 0.29) is 11.8 Å². The Bertz CT molecular complexity index is 1060. The summed E-state index contributed by atoms with van der Waals surface area (Å²) in [5.74, 6) is 1.43. The normalized spacial score (nSPS) is 22.1. The molecule has 3 atom stereocenters. The summed E-state index contributed by atoms with van der Waals surface area (Å²) in [6.07, 6.45) is 2.19. The fourth-order valence-electron chi connectivity index (χ4n) is 5.16. The van der Waals surface area contributed by atoms with Crippen LogP contribution in [-0.4, -0.2) is 12.2 Å². The summed E-state index contributed by atoms with van der Waals surface area (Å²) in [6.45, 7) is 0.547. The van der Waals surface area contributed by atoms with E-state index in [4.69, 9.17) is 10.5 Å². The molecule has 4 nitrogen and oxygen atoms in total. The van der Waals surface area contributed by atoms with Crippen molar-refractivity contribution < 1.29 is 9.84 Å². The number of hydrogen-bond donors (Lipinski definition) is 3. The van der Waals surface area contributed by atoms with Gasteiger partial charge in [0.1, 0.15) is 0 Å². The number of methoxy groups -OCH3 is 1. The number of aryl methyl sites for hydroxylation is 1. The molecule has 0 fully saturated rings. The van der Waals surface area contributed by atoms with Crippen molar-refractivity contribution in [3.05, 3.63) is 88.5 Å². The molecule has 148 valence electrons. The van der Waals surface area contributed by atoms with Gasteiger partial charge in [0.15, 0.2) is 11.5 Å². The van der Waals surface area contributed by atoms with Crippen LogP contribution in [0, 0.1) is 5.92 Å². The molecule has 0 amide bonds. The summed E-state index contributed by atoms with van der Waals surface area (Å²) in [6, 6.07) is 21.2. The van der Waals surface area contributed by atoms with Crippen LogP contribution in [0.15, 0.2) is 60.7 Å². The highest BCUT2D eigenvalue weighted by Crippen LogP contribution is 2.53. The molecule has 3 aromatic carbocycles. The van der Waals surface area contributed by atoms with Crippen LogP contribution in [0.3, 0.4) is 0 Å². The zero-order valence-electron chi connectivity index (χ0n) is 16.6. The van der Waals surface area contributed by atoms with Gasteiger partial charge in [0.2, 0.25) is 0 Å². The lowest BCUT2D eigenvalue weighted by Crippen LogP contribution is -2.35. The van der Waals surface area contributed by atoms with E-state index in [2.05, 4.69) is 47.8 Å². The third-order valence-corrected chi connectivity index (χ3v) is 6.55. The Labute approximate surface area is 171 Å². The molecule has 29 heavy (non-hydrogen) atoms. The highest BCUT2D eigenvalue weighted by atomic mass is 16.5. The third-order valence-electron chi connectivity index (χ3n) is 6.55. The smallest absolute Gasteiger partial charge is 0.160 e. The summed E-state index contributed by atoms with van der Waals surface area (Å²) < 4.78 is 5.38. The van der Waals surface area contributed by atoms with E-state index >= 15 is 0 Å². The van der Waals surface area contributed by atoms with Gasteiger partial charge in [0.05, 0.1) is 13.2 Å². The fraction of sp³-hybridized carbons (Fsp3) is 0.280. The molecule has 1 aliphatic heterocycles. The molecular formula is C25H26N2O2. The molecule has 0 saturated heterocycles. The highest BCUT2D eigenvalue weighted by molar-refractivity contribution is 5.63. The zero-order chi connectivity index (χ0) is 20.0. The van der Waals surface area contributed by atoms with Crippen LogP contribution in [-0.2, 0) is 13.0 Å². The van der Waals surface area contributed by atoms with Gasteiger partial charge in [-0.25, -0.2) is 0 Å². The van der Waals surface area contributed by atoms with Gasteiger partial charge in [-0.3, -0.25) is 0 Å². The van der Waals surface area contributed by atoms with Crippen LogP contribution in [0.25, 0.3) is 0 Å². The molecule has 0 saturated carbocycles. The Morgan fingerprint density at radius 1 is 1.07 bits per heavy atom. The Balaban J connectivity index is 1.67. The van der Waals surface area contributed by atoms with Crippen LogP contribution >= 0.6 is 0 Å². The van der Waals surface area contributed by atoms with Gasteiger partial charge < -0.3 is 20.9 Å². The number of phenols is 1. The van der Waals surface area contributed by atoms with Crippen molar-refractivity contribution in [2.75, 3.05) is 12.4 Å². The Morgan fingerprint density at radius 3 is 2.76 bits per heavy atom. The fourth-order valence-corrected chi connectivity index (χ4v) is 5.16. The quantitative estimate of drug-likeness (QED) is 0.609. The van der Waals surface area contributed by atoms with Gasteiger partial charge in [0.25, 0.3) is 0 Å². The van der Waals surface area contributed by atoms with Crippen LogP contribution < -0.4 is 15.8 Å². The topological polar surface area (TPSA) is 67.5 Å². The number of anilines is 1. The maximum Gasteiger partial charge on any atom is 0.160 e. The number of aromatic hydroxyl groups is 1. The van der Waals surface area contributed by atoms with Crippen molar-refractivity contribution in [3.63, 3.8) is 0 Å². The van der Waals surface area contributed by atoms with Gasteiger partial charge in [0, 0.05) is 18.2 Å². The molecule has 0 bridgehead atoms. The second-order valence-corrected chi connectivity index (χ2v) is 8.06. The van der Waals surface area contributed by atoms with Crippen LogP contribution in [0.1, 0.15) is 46.2 Å². The van der Waals surface area contributed by atoms with Crippen molar-refractivity contribution in [3.8, 4) is 11.5 Å². The lowest BCUT2D eigenvalue weighted by Gasteiger charge is -2.45. The zero-order valence-corrected chi connectivity index (χ0v) is 16.6. The molecule has 2 aliphatic rings. The minimum absolute atomic E-state index is 0.152. The number of fused-ring (bicyclic) bond motifs is 5. The number of nitrogens with one attached hydrogen (secondary N) is 1. The summed E-state index contributed by atoms with van der Waals surface area (Å²) >= 11 is 0. The first-order valence-electron chi connectivity index (χ1n) is 10.2. The van der Waals surface area contributed by atoms with E-state index in [1.807, 2.05) is 12.1 Å². The molecule has 1 heterocycles. The second kappa shape index (κ2) is 7.12. The lowest BCUT2D eigenvalue weighted by atomic mass is 9.65. The van der Waals surface area contributed by atoms with Crippen molar-refractivity contribution >= 4 is 5.69 Å². The van der Waals surface area contributed by atoms with Crippen LogP contribution in [0.2, 0.25) is 0 Å². The minimum atomic E-state index is 0.152. The molecule has 3 aromatic rings. The molecule has 4 N–H and O–H groups in total. The molecular weight excluding hydrogens is 360 g/mol. The highest BCUT2D eigenvalue weighted by Gasteiger charge is 2.41. The Morgan fingerprint density at radius 2 is 1.93 bits per heavy atom. The van der Waals surface area contributed by atoms with Gasteiger partial charge in [-0.15, -0.1) is 0 Å².